The highest BCUT2D eigenvalue weighted by atomic mass is 127. The van der Waals surface area contributed by atoms with Crippen LogP contribution < -0.4 is 5.32 Å². The van der Waals surface area contributed by atoms with Gasteiger partial charge < -0.3 is 10.1 Å². The Bertz CT molecular complexity index is 358. The lowest BCUT2D eigenvalue weighted by molar-refractivity contribution is 0.149. The average Bonchev–Trinajstić information content (AvgIpc) is 2.33. The van der Waals surface area contributed by atoms with Crippen molar-refractivity contribution >= 4 is 28.4 Å². The van der Waals surface area contributed by atoms with Crippen molar-refractivity contribution in [2.45, 2.75) is 33.1 Å². The van der Waals surface area contributed by atoms with Gasteiger partial charge in [-0.05, 0) is 35.9 Å². The smallest absolute Gasteiger partial charge is 0.143 e. The van der Waals surface area contributed by atoms with Crippen molar-refractivity contribution < 1.29 is 4.74 Å². The lowest BCUT2D eigenvalue weighted by Crippen LogP contribution is -2.10. The van der Waals surface area contributed by atoms with Crippen LogP contribution in [0.5, 0.6) is 0 Å². The first-order chi connectivity index (χ1) is 8.22. The van der Waals surface area contributed by atoms with E-state index in [9.17, 15) is 0 Å². The molecule has 0 atom stereocenters. The maximum atomic E-state index is 5.34. The number of anilines is 1. The van der Waals surface area contributed by atoms with E-state index in [4.69, 9.17) is 4.74 Å². The predicted molar refractivity (Wildman–Crippen MR) is 78.5 cm³/mol. The van der Waals surface area contributed by atoms with Gasteiger partial charge in [0.1, 0.15) is 11.6 Å². The number of nitrogens with one attached hydrogen (secondary N) is 1. The van der Waals surface area contributed by atoms with Gasteiger partial charge in [0, 0.05) is 20.1 Å². The van der Waals surface area contributed by atoms with E-state index in [2.05, 4.69) is 44.8 Å². The van der Waals surface area contributed by atoms with E-state index in [-0.39, 0.29) is 0 Å². The number of ether oxygens (including phenoxy) is 1. The molecule has 1 N–H and O–H groups in total. The normalized spacial score (nSPS) is 10.6. The largest absolute Gasteiger partial charge is 0.381 e. The Hall–Kier alpha value is -0.430. The Kier molecular flexibility index (Phi) is 6.72. The molecular weight excluding hydrogens is 329 g/mol. The molecule has 0 fully saturated rings. The van der Waals surface area contributed by atoms with Gasteiger partial charge in [-0.2, -0.15) is 0 Å². The summed E-state index contributed by atoms with van der Waals surface area (Å²) in [6.07, 6.45) is 2.87. The minimum atomic E-state index is 0.686. The Morgan fingerprint density at radius 3 is 2.59 bits per heavy atom. The van der Waals surface area contributed by atoms with Gasteiger partial charge in [-0.3, -0.25) is 0 Å². The molecule has 0 radical (unpaired) electrons. The number of nitrogens with zero attached hydrogens (tertiary/aromatic N) is 2. The Labute approximate surface area is 117 Å². The highest BCUT2D eigenvalue weighted by Gasteiger charge is 2.10. The second-order valence-electron chi connectivity index (χ2n) is 3.70. The molecule has 4 nitrogen and oxygen atoms in total. The number of rotatable bonds is 7. The van der Waals surface area contributed by atoms with Gasteiger partial charge in [0.2, 0.25) is 0 Å². The average molecular weight is 349 g/mol. The molecule has 0 unspecified atom stereocenters. The third kappa shape index (κ3) is 4.39. The van der Waals surface area contributed by atoms with Crippen molar-refractivity contribution in [2.75, 3.05) is 25.6 Å². The summed E-state index contributed by atoms with van der Waals surface area (Å²) < 4.78 is 6.47. The molecule has 17 heavy (non-hydrogen) atoms. The Morgan fingerprint density at radius 1 is 1.24 bits per heavy atom. The summed E-state index contributed by atoms with van der Waals surface area (Å²) in [5, 5.41) is 3.13. The van der Waals surface area contributed by atoms with Gasteiger partial charge in [0.15, 0.2) is 0 Å². The van der Waals surface area contributed by atoms with Gasteiger partial charge in [0.25, 0.3) is 0 Å². The monoisotopic (exact) mass is 349 g/mol. The molecule has 0 aliphatic carbocycles. The molecular formula is C12H20IN3O. The Morgan fingerprint density at radius 2 is 2.00 bits per heavy atom. The first-order valence-corrected chi connectivity index (χ1v) is 7.11. The van der Waals surface area contributed by atoms with Crippen LogP contribution in [0.4, 0.5) is 5.82 Å². The van der Waals surface area contributed by atoms with Crippen molar-refractivity contribution in [1.29, 1.82) is 0 Å². The van der Waals surface area contributed by atoms with Crippen LogP contribution in [0, 0.1) is 3.57 Å². The van der Waals surface area contributed by atoms with Gasteiger partial charge in [-0.25, -0.2) is 9.97 Å². The molecule has 0 bridgehead atoms. The lowest BCUT2D eigenvalue weighted by atomic mass is 10.2. The van der Waals surface area contributed by atoms with E-state index < -0.39 is 0 Å². The summed E-state index contributed by atoms with van der Waals surface area (Å²) in [4.78, 5) is 9.10. The third-order valence-corrected chi connectivity index (χ3v) is 3.50. The standard InChI is InChI=1S/C12H20IN3O/c1-4-6-9-11(13)12(14-3)16-10(15-9)7-8-17-5-2/h4-8H2,1-3H3,(H,14,15,16). The van der Waals surface area contributed by atoms with E-state index in [1.807, 2.05) is 14.0 Å². The van der Waals surface area contributed by atoms with Crippen molar-refractivity contribution in [3.05, 3.63) is 15.1 Å². The Balaban J connectivity index is 2.86. The van der Waals surface area contributed by atoms with Gasteiger partial charge >= 0.3 is 0 Å². The van der Waals surface area contributed by atoms with Gasteiger partial charge in [-0.15, -0.1) is 0 Å². The second kappa shape index (κ2) is 7.81. The van der Waals surface area contributed by atoms with Crippen LogP contribution in [0.1, 0.15) is 31.8 Å². The quantitative estimate of drug-likeness (QED) is 0.607. The number of halogens is 1. The fourth-order valence-electron chi connectivity index (χ4n) is 1.53. The molecule has 0 spiro atoms. The number of aromatic nitrogens is 2. The van der Waals surface area contributed by atoms with Crippen LogP contribution in [0.3, 0.4) is 0 Å². The highest BCUT2D eigenvalue weighted by molar-refractivity contribution is 14.1. The lowest BCUT2D eigenvalue weighted by Gasteiger charge is -2.10. The van der Waals surface area contributed by atoms with E-state index in [1.54, 1.807) is 0 Å². The van der Waals surface area contributed by atoms with Crippen LogP contribution in [-0.4, -0.2) is 30.2 Å². The molecule has 1 heterocycles. The summed E-state index contributed by atoms with van der Waals surface area (Å²) in [6, 6.07) is 0. The van der Waals surface area contributed by atoms with Crippen molar-refractivity contribution in [3.63, 3.8) is 0 Å². The molecule has 0 saturated carbocycles. The molecule has 96 valence electrons. The third-order valence-electron chi connectivity index (χ3n) is 2.36. The van der Waals surface area contributed by atoms with E-state index in [0.29, 0.717) is 6.61 Å². The molecule has 1 aromatic heterocycles. The summed E-state index contributed by atoms with van der Waals surface area (Å²) >= 11 is 2.31. The summed E-state index contributed by atoms with van der Waals surface area (Å²) in [5.74, 6) is 1.79. The zero-order valence-corrected chi connectivity index (χ0v) is 12.9. The van der Waals surface area contributed by atoms with Crippen LogP contribution in [0.2, 0.25) is 0 Å². The molecule has 5 heteroatoms. The van der Waals surface area contributed by atoms with Gasteiger partial charge in [-0.1, -0.05) is 13.3 Å². The topological polar surface area (TPSA) is 47.0 Å². The van der Waals surface area contributed by atoms with E-state index in [1.165, 1.54) is 0 Å². The molecule has 0 aliphatic rings. The molecule has 0 amide bonds. The predicted octanol–water partition coefficient (Wildman–Crippen LogP) is 2.65. The van der Waals surface area contributed by atoms with Crippen LogP contribution in [0.15, 0.2) is 0 Å². The van der Waals surface area contributed by atoms with Crippen LogP contribution in [0.25, 0.3) is 0 Å². The van der Waals surface area contributed by atoms with E-state index in [0.717, 1.165) is 46.8 Å². The zero-order valence-electron chi connectivity index (χ0n) is 10.7. The number of hydrogen-bond donors (Lipinski definition) is 1. The maximum absolute atomic E-state index is 5.34. The minimum absolute atomic E-state index is 0.686. The fraction of sp³-hybridized carbons (Fsp3) is 0.667. The van der Waals surface area contributed by atoms with Crippen molar-refractivity contribution in [1.82, 2.24) is 9.97 Å². The fourth-order valence-corrected chi connectivity index (χ4v) is 2.31. The maximum Gasteiger partial charge on any atom is 0.143 e. The first-order valence-electron chi connectivity index (χ1n) is 6.03. The molecule has 1 aromatic rings. The van der Waals surface area contributed by atoms with Crippen molar-refractivity contribution in [2.24, 2.45) is 0 Å². The number of aryl methyl sites for hydroxylation is 1. The van der Waals surface area contributed by atoms with Crippen molar-refractivity contribution in [3.8, 4) is 0 Å². The first kappa shape index (κ1) is 14.6. The SMILES string of the molecule is CCCc1nc(CCOCC)nc(NC)c1I. The molecule has 0 aliphatic heterocycles. The van der Waals surface area contributed by atoms with Gasteiger partial charge in [0.05, 0.1) is 15.9 Å². The number of hydrogen-bond acceptors (Lipinski definition) is 4. The summed E-state index contributed by atoms with van der Waals surface area (Å²) in [6.45, 7) is 5.59. The zero-order chi connectivity index (χ0) is 12.7. The van der Waals surface area contributed by atoms with Crippen LogP contribution >= 0.6 is 22.6 Å². The highest BCUT2D eigenvalue weighted by Crippen LogP contribution is 2.20. The minimum Gasteiger partial charge on any atom is -0.381 e. The molecule has 1 rings (SSSR count). The van der Waals surface area contributed by atoms with E-state index >= 15 is 0 Å². The van der Waals surface area contributed by atoms with Crippen LogP contribution in [-0.2, 0) is 17.6 Å². The summed E-state index contributed by atoms with van der Waals surface area (Å²) in [7, 11) is 1.90. The molecule has 0 aromatic carbocycles. The summed E-state index contributed by atoms with van der Waals surface area (Å²) in [5.41, 5.74) is 1.14. The molecule has 0 saturated heterocycles. The second-order valence-corrected chi connectivity index (χ2v) is 4.77.